The number of carbonyl (C=O) groups excluding carboxylic acids is 1. The van der Waals surface area contributed by atoms with E-state index in [2.05, 4.69) is 23.1 Å². The van der Waals surface area contributed by atoms with Gasteiger partial charge in [0.05, 0.1) is 11.7 Å². The molecule has 0 aliphatic carbocycles. The van der Waals surface area contributed by atoms with Gasteiger partial charge in [-0.15, -0.1) is 0 Å². The summed E-state index contributed by atoms with van der Waals surface area (Å²) in [7, 11) is 2.16. The van der Waals surface area contributed by atoms with Crippen LogP contribution in [0.15, 0.2) is 24.5 Å². The first-order valence-corrected chi connectivity index (χ1v) is 6.42. The third-order valence-corrected chi connectivity index (χ3v) is 3.74. The molecule has 0 amide bonds. The SMILES string of the molecule is CN1CCCCC1c1cn2cc(C=O)ccc2n1. The Morgan fingerprint density at radius 3 is 3.00 bits per heavy atom. The molecule has 2 aromatic rings. The van der Waals surface area contributed by atoms with E-state index < -0.39 is 0 Å². The second kappa shape index (κ2) is 4.53. The minimum absolute atomic E-state index is 0.415. The lowest BCUT2D eigenvalue weighted by atomic mass is 10.0. The van der Waals surface area contributed by atoms with E-state index in [-0.39, 0.29) is 0 Å². The van der Waals surface area contributed by atoms with Crippen LogP contribution in [0.25, 0.3) is 5.65 Å². The van der Waals surface area contributed by atoms with Crippen molar-refractivity contribution in [3.63, 3.8) is 0 Å². The zero-order chi connectivity index (χ0) is 12.5. The molecule has 0 radical (unpaired) electrons. The van der Waals surface area contributed by atoms with Gasteiger partial charge in [-0.3, -0.25) is 9.69 Å². The fourth-order valence-corrected chi connectivity index (χ4v) is 2.71. The van der Waals surface area contributed by atoms with Crippen LogP contribution in [-0.4, -0.2) is 34.2 Å². The molecule has 1 atom stereocenters. The van der Waals surface area contributed by atoms with Crippen LogP contribution >= 0.6 is 0 Å². The van der Waals surface area contributed by atoms with Crippen LogP contribution in [0.1, 0.15) is 41.4 Å². The fraction of sp³-hybridized carbons (Fsp3) is 0.429. The van der Waals surface area contributed by atoms with E-state index in [0.717, 1.165) is 24.2 Å². The molecule has 0 bridgehead atoms. The molecule has 3 rings (SSSR count). The van der Waals surface area contributed by atoms with Gasteiger partial charge in [-0.1, -0.05) is 6.42 Å². The molecule has 1 aliphatic rings. The van der Waals surface area contributed by atoms with Gasteiger partial charge < -0.3 is 4.40 Å². The fourth-order valence-electron chi connectivity index (χ4n) is 2.71. The Labute approximate surface area is 106 Å². The van der Waals surface area contributed by atoms with E-state index in [9.17, 15) is 4.79 Å². The zero-order valence-corrected chi connectivity index (χ0v) is 10.5. The molecule has 4 heteroatoms. The Kier molecular flexibility index (Phi) is 2.88. The molecule has 1 aliphatic heterocycles. The summed E-state index contributed by atoms with van der Waals surface area (Å²) in [6.07, 6.45) is 8.46. The Hall–Kier alpha value is -1.68. The molecule has 0 N–H and O–H groups in total. The zero-order valence-electron chi connectivity index (χ0n) is 10.5. The largest absolute Gasteiger partial charge is 0.306 e. The molecule has 1 fully saturated rings. The first-order chi connectivity index (χ1) is 8.78. The van der Waals surface area contributed by atoms with Crippen LogP contribution in [0.2, 0.25) is 0 Å². The number of nitrogens with zero attached hydrogens (tertiary/aromatic N) is 3. The van der Waals surface area contributed by atoms with Gasteiger partial charge in [0.25, 0.3) is 0 Å². The maximum atomic E-state index is 10.8. The summed E-state index contributed by atoms with van der Waals surface area (Å²) in [5, 5.41) is 0. The third kappa shape index (κ3) is 1.93. The summed E-state index contributed by atoms with van der Waals surface area (Å²) in [5.41, 5.74) is 2.71. The van der Waals surface area contributed by atoms with Gasteiger partial charge in [-0.2, -0.15) is 0 Å². The monoisotopic (exact) mass is 243 g/mol. The third-order valence-electron chi connectivity index (χ3n) is 3.74. The van der Waals surface area contributed by atoms with E-state index >= 15 is 0 Å². The van der Waals surface area contributed by atoms with Crippen molar-refractivity contribution in [2.24, 2.45) is 0 Å². The predicted molar refractivity (Wildman–Crippen MR) is 69.8 cm³/mol. The first kappa shape index (κ1) is 11.4. The van der Waals surface area contributed by atoms with Crippen LogP contribution in [0.4, 0.5) is 0 Å². The Balaban J connectivity index is 1.99. The number of hydrogen-bond acceptors (Lipinski definition) is 3. The number of hydrogen-bond donors (Lipinski definition) is 0. The van der Waals surface area contributed by atoms with Gasteiger partial charge >= 0.3 is 0 Å². The molecule has 94 valence electrons. The van der Waals surface area contributed by atoms with Crippen LogP contribution in [0.5, 0.6) is 0 Å². The summed E-state index contributed by atoms with van der Waals surface area (Å²) >= 11 is 0. The second-order valence-electron chi connectivity index (χ2n) is 5.00. The molecule has 0 spiro atoms. The number of aromatic nitrogens is 2. The molecular weight excluding hydrogens is 226 g/mol. The topological polar surface area (TPSA) is 37.6 Å². The smallest absolute Gasteiger partial charge is 0.151 e. The summed E-state index contributed by atoms with van der Waals surface area (Å²) < 4.78 is 1.95. The maximum Gasteiger partial charge on any atom is 0.151 e. The number of pyridine rings is 1. The van der Waals surface area contributed by atoms with Crippen LogP contribution in [0, 0.1) is 0 Å². The number of aldehydes is 1. The lowest BCUT2D eigenvalue weighted by Gasteiger charge is -2.31. The molecule has 2 aromatic heterocycles. The van der Waals surface area contributed by atoms with Gasteiger partial charge in [0, 0.05) is 18.0 Å². The van der Waals surface area contributed by atoms with Crippen molar-refractivity contribution >= 4 is 11.9 Å². The molecular formula is C14H17N3O. The van der Waals surface area contributed by atoms with Crippen LogP contribution in [-0.2, 0) is 0 Å². The van der Waals surface area contributed by atoms with E-state index in [0.29, 0.717) is 11.6 Å². The van der Waals surface area contributed by atoms with Crippen molar-refractivity contribution in [2.45, 2.75) is 25.3 Å². The molecule has 1 saturated heterocycles. The van der Waals surface area contributed by atoms with E-state index in [4.69, 9.17) is 0 Å². The summed E-state index contributed by atoms with van der Waals surface area (Å²) in [6, 6.07) is 4.12. The van der Waals surface area contributed by atoms with Crippen molar-refractivity contribution in [1.29, 1.82) is 0 Å². The number of carbonyl (C=O) groups is 1. The standard InChI is InChI=1S/C14H17N3O/c1-16-7-3-2-4-13(16)12-9-17-8-11(10-18)5-6-14(17)15-12/h5-6,8-10,13H,2-4,7H2,1H3. The minimum atomic E-state index is 0.415. The predicted octanol–water partition coefficient (Wildman–Crippen LogP) is 2.30. The van der Waals surface area contributed by atoms with Gasteiger partial charge in [0.2, 0.25) is 0 Å². The van der Waals surface area contributed by atoms with Crippen molar-refractivity contribution in [3.8, 4) is 0 Å². The Morgan fingerprint density at radius 1 is 1.33 bits per heavy atom. The Morgan fingerprint density at radius 2 is 2.22 bits per heavy atom. The highest BCUT2D eigenvalue weighted by Gasteiger charge is 2.22. The van der Waals surface area contributed by atoms with Crippen LogP contribution in [0.3, 0.4) is 0 Å². The van der Waals surface area contributed by atoms with Gasteiger partial charge in [0.1, 0.15) is 5.65 Å². The molecule has 0 aromatic carbocycles. The molecule has 0 saturated carbocycles. The van der Waals surface area contributed by atoms with Crippen molar-refractivity contribution in [2.75, 3.05) is 13.6 Å². The highest BCUT2D eigenvalue weighted by molar-refractivity contribution is 5.74. The quantitative estimate of drug-likeness (QED) is 0.760. The summed E-state index contributed by atoms with van der Waals surface area (Å²) in [6.45, 7) is 1.14. The number of fused-ring (bicyclic) bond motifs is 1. The summed E-state index contributed by atoms with van der Waals surface area (Å²) in [5.74, 6) is 0. The highest BCUT2D eigenvalue weighted by atomic mass is 16.1. The maximum absolute atomic E-state index is 10.8. The number of imidazole rings is 1. The second-order valence-corrected chi connectivity index (χ2v) is 5.00. The first-order valence-electron chi connectivity index (χ1n) is 6.42. The molecule has 1 unspecified atom stereocenters. The van der Waals surface area contributed by atoms with Crippen molar-refractivity contribution in [3.05, 3.63) is 35.8 Å². The average Bonchev–Trinajstić information content (AvgIpc) is 2.81. The molecule has 18 heavy (non-hydrogen) atoms. The van der Waals surface area contributed by atoms with E-state index in [1.54, 1.807) is 0 Å². The summed E-state index contributed by atoms with van der Waals surface area (Å²) in [4.78, 5) is 17.8. The highest BCUT2D eigenvalue weighted by Crippen LogP contribution is 2.28. The number of likely N-dealkylation sites (tertiary alicyclic amines) is 1. The number of rotatable bonds is 2. The minimum Gasteiger partial charge on any atom is -0.306 e. The lowest BCUT2D eigenvalue weighted by Crippen LogP contribution is -2.29. The van der Waals surface area contributed by atoms with Crippen molar-refractivity contribution in [1.82, 2.24) is 14.3 Å². The van der Waals surface area contributed by atoms with Gasteiger partial charge in [0.15, 0.2) is 6.29 Å². The average molecular weight is 243 g/mol. The van der Waals surface area contributed by atoms with Crippen LogP contribution < -0.4 is 0 Å². The van der Waals surface area contributed by atoms with E-state index in [1.165, 1.54) is 19.3 Å². The Bertz CT molecular complexity index is 575. The number of piperidine rings is 1. The lowest BCUT2D eigenvalue weighted by molar-refractivity contribution is 0.112. The van der Waals surface area contributed by atoms with E-state index in [1.807, 2.05) is 22.7 Å². The molecule has 3 heterocycles. The normalized spacial score (nSPS) is 21.3. The molecule has 4 nitrogen and oxygen atoms in total. The van der Waals surface area contributed by atoms with Crippen molar-refractivity contribution < 1.29 is 4.79 Å². The van der Waals surface area contributed by atoms with Gasteiger partial charge in [-0.25, -0.2) is 4.98 Å². The van der Waals surface area contributed by atoms with Gasteiger partial charge in [-0.05, 0) is 38.6 Å².